The molecular weight excluding hydrogens is 420 g/mol. The van der Waals surface area contributed by atoms with Gasteiger partial charge in [0.2, 0.25) is 0 Å². The SMILES string of the molecule is CC.O=C(c1cc(Cl)c(O)cc1O)N1CCNC(c2ccc(Br)cc2)C1. The summed E-state index contributed by atoms with van der Waals surface area (Å²) in [5, 5.41) is 22.9. The van der Waals surface area contributed by atoms with Crippen LogP contribution in [-0.2, 0) is 0 Å². The van der Waals surface area contributed by atoms with Gasteiger partial charge >= 0.3 is 0 Å². The van der Waals surface area contributed by atoms with Crippen molar-refractivity contribution in [3.05, 3.63) is 57.0 Å². The molecule has 140 valence electrons. The zero-order valence-electron chi connectivity index (χ0n) is 14.7. The van der Waals surface area contributed by atoms with Crippen molar-refractivity contribution in [1.82, 2.24) is 10.2 Å². The second kappa shape index (κ2) is 9.26. The molecule has 0 radical (unpaired) electrons. The summed E-state index contributed by atoms with van der Waals surface area (Å²) in [6.45, 7) is 5.67. The molecule has 1 heterocycles. The van der Waals surface area contributed by atoms with Crippen LogP contribution in [0.15, 0.2) is 40.9 Å². The largest absolute Gasteiger partial charge is 0.507 e. The number of phenols is 2. The predicted molar refractivity (Wildman–Crippen MR) is 107 cm³/mol. The number of amides is 1. The fraction of sp³-hybridized carbons (Fsp3) is 0.316. The van der Waals surface area contributed by atoms with Crippen molar-refractivity contribution in [3.63, 3.8) is 0 Å². The summed E-state index contributed by atoms with van der Waals surface area (Å²) >= 11 is 9.27. The third kappa shape index (κ3) is 4.69. The summed E-state index contributed by atoms with van der Waals surface area (Å²) in [6, 6.07) is 10.3. The standard InChI is InChI=1S/C17H16BrClN2O3.C2H6/c18-11-3-1-10(2-4-11)14-9-21(6-5-20-14)17(24)12-7-13(19)16(23)8-15(12)22;1-2/h1-4,7-8,14,20,22-23H,5-6,9H2;1-2H3. The van der Waals surface area contributed by atoms with Gasteiger partial charge in [-0.1, -0.05) is 53.5 Å². The van der Waals surface area contributed by atoms with Gasteiger partial charge in [0.25, 0.3) is 5.91 Å². The van der Waals surface area contributed by atoms with Crippen molar-refractivity contribution in [3.8, 4) is 11.5 Å². The Morgan fingerprint density at radius 1 is 1.19 bits per heavy atom. The third-order valence-corrected chi connectivity index (χ3v) is 4.86. The highest BCUT2D eigenvalue weighted by atomic mass is 79.9. The summed E-state index contributed by atoms with van der Waals surface area (Å²) < 4.78 is 0.999. The van der Waals surface area contributed by atoms with E-state index in [1.54, 1.807) is 4.90 Å². The molecule has 3 rings (SSSR count). The maximum absolute atomic E-state index is 12.7. The Bertz CT molecular complexity index is 768. The van der Waals surface area contributed by atoms with Crippen LogP contribution in [0.4, 0.5) is 0 Å². The van der Waals surface area contributed by atoms with Crippen molar-refractivity contribution in [2.75, 3.05) is 19.6 Å². The average Bonchev–Trinajstić information content (AvgIpc) is 2.66. The van der Waals surface area contributed by atoms with E-state index in [1.165, 1.54) is 6.07 Å². The van der Waals surface area contributed by atoms with Gasteiger partial charge in [-0.3, -0.25) is 4.79 Å². The van der Waals surface area contributed by atoms with E-state index >= 15 is 0 Å². The lowest BCUT2D eigenvalue weighted by Gasteiger charge is -2.34. The Morgan fingerprint density at radius 2 is 1.85 bits per heavy atom. The first-order chi connectivity index (χ1) is 12.5. The highest BCUT2D eigenvalue weighted by Gasteiger charge is 2.27. The number of piperazine rings is 1. The highest BCUT2D eigenvalue weighted by molar-refractivity contribution is 9.10. The van der Waals surface area contributed by atoms with E-state index in [0.717, 1.165) is 16.1 Å². The molecule has 1 saturated heterocycles. The molecule has 1 aliphatic rings. The molecule has 0 bridgehead atoms. The predicted octanol–water partition coefficient (Wildman–Crippen LogP) is 4.33. The number of hydrogen-bond donors (Lipinski definition) is 3. The summed E-state index contributed by atoms with van der Waals surface area (Å²) in [5.74, 6) is -0.836. The minimum Gasteiger partial charge on any atom is -0.507 e. The molecule has 1 aliphatic heterocycles. The van der Waals surface area contributed by atoms with Crippen LogP contribution in [0.25, 0.3) is 0 Å². The van der Waals surface area contributed by atoms with Crippen LogP contribution in [0.5, 0.6) is 11.5 Å². The Kier molecular flexibility index (Phi) is 7.32. The normalized spacial score (nSPS) is 16.6. The molecule has 1 amide bonds. The summed E-state index contributed by atoms with van der Waals surface area (Å²) in [6.07, 6.45) is 0. The Balaban J connectivity index is 0.00000117. The van der Waals surface area contributed by atoms with Gasteiger partial charge in [-0.25, -0.2) is 0 Å². The van der Waals surface area contributed by atoms with Crippen LogP contribution < -0.4 is 5.32 Å². The fourth-order valence-electron chi connectivity index (χ4n) is 2.75. The quantitative estimate of drug-likeness (QED) is 0.649. The molecule has 5 nitrogen and oxygen atoms in total. The van der Waals surface area contributed by atoms with Gasteiger partial charge < -0.3 is 20.4 Å². The first-order valence-corrected chi connectivity index (χ1v) is 9.62. The van der Waals surface area contributed by atoms with Crippen molar-refractivity contribution in [2.24, 2.45) is 0 Å². The Morgan fingerprint density at radius 3 is 2.50 bits per heavy atom. The van der Waals surface area contributed by atoms with Crippen LogP contribution in [-0.4, -0.2) is 40.7 Å². The number of hydrogen-bond acceptors (Lipinski definition) is 4. The smallest absolute Gasteiger partial charge is 0.257 e. The molecule has 0 saturated carbocycles. The van der Waals surface area contributed by atoms with E-state index in [0.29, 0.717) is 19.6 Å². The first kappa shape index (κ1) is 20.6. The molecule has 2 aromatic carbocycles. The van der Waals surface area contributed by atoms with Gasteiger partial charge in [0.05, 0.1) is 10.6 Å². The van der Waals surface area contributed by atoms with Gasteiger partial charge in [-0.15, -0.1) is 0 Å². The third-order valence-electron chi connectivity index (χ3n) is 4.03. The van der Waals surface area contributed by atoms with Crippen molar-refractivity contribution in [1.29, 1.82) is 0 Å². The van der Waals surface area contributed by atoms with Crippen molar-refractivity contribution < 1.29 is 15.0 Å². The minimum atomic E-state index is -0.307. The number of carbonyl (C=O) groups is 1. The second-order valence-electron chi connectivity index (χ2n) is 5.63. The summed E-state index contributed by atoms with van der Waals surface area (Å²) in [7, 11) is 0. The molecule has 26 heavy (non-hydrogen) atoms. The second-order valence-corrected chi connectivity index (χ2v) is 6.95. The first-order valence-electron chi connectivity index (χ1n) is 8.45. The highest BCUT2D eigenvalue weighted by Crippen LogP contribution is 2.32. The van der Waals surface area contributed by atoms with Crippen molar-refractivity contribution in [2.45, 2.75) is 19.9 Å². The van der Waals surface area contributed by atoms with Crippen molar-refractivity contribution >= 4 is 33.4 Å². The average molecular weight is 442 g/mol. The number of nitrogens with zero attached hydrogens (tertiary/aromatic N) is 1. The molecular formula is C19H22BrClN2O3. The maximum Gasteiger partial charge on any atom is 0.257 e. The van der Waals surface area contributed by atoms with Gasteiger partial charge in [-0.05, 0) is 23.8 Å². The molecule has 1 unspecified atom stereocenters. The number of halogens is 2. The molecule has 0 aliphatic carbocycles. The lowest BCUT2D eigenvalue weighted by Crippen LogP contribution is -2.48. The van der Waals surface area contributed by atoms with Crippen LogP contribution in [0.3, 0.4) is 0 Å². The van der Waals surface area contributed by atoms with E-state index in [4.69, 9.17) is 11.6 Å². The minimum absolute atomic E-state index is 0.0190. The van der Waals surface area contributed by atoms with Gasteiger partial charge in [-0.2, -0.15) is 0 Å². The maximum atomic E-state index is 12.7. The Hall–Kier alpha value is -1.76. The molecule has 1 atom stereocenters. The van der Waals surface area contributed by atoms with Crippen LogP contribution in [0.2, 0.25) is 5.02 Å². The monoisotopic (exact) mass is 440 g/mol. The number of nitrogens with one attached hydrogen (secondary N) is 1. The van der Waals surface area contributed by atoms with Gasteiger partial charge in [0.15, 0.2) is 0 Å². The van der Waals surface area contributed by atoms with E-state index in [-0.39, 0.29) is 34.0 Å². The molecule has 0 aromatic heterocycles. The number of aromatic hydroxyl groups is 2. The molecule has 3 N–H and O–H groups in total. The topological polar surface area (TPSA) is 72.8 Å². The molecule has 1 fully saturated rings. The van der Waals surface area contributed by atoms with E-state index in [9.17, 15) is 15.0 Å². The van der Waals surface area contributed by atoms with Crippen LogP contribution in [0.1, 0.15) is 35.8 Å². The number of benzene rings is 2. The molecule has 2 aromatic rings. The number of rotatable bonds is 2. The summed E-state index contributed by atoms with van der Waals surface area (Å²) in [5.41, 5.74) is 1.18. The van der Waals surface area contributed by atoms with E-state index in [2.05, 4.69) is 21.2 Å². The zero-order chi connectivity index (χ0) is 19.3. The summed E-state index contributed by atoms with van der Waals surface area (Å²) in [4.78, 5) is 14.4. The lowest BCUT2D eigenvalue weighted by molar-refractivity contribution is 0.0700. The number of carbonyl (C=O) groups excluding carboxylic acids is 1. The van der Waals surface area contributed by atoms with Crippen LogP contribution >= 0.6 is 27.5 Å². The fourth-order valence-corrected chi connectivity index (χ4v) is 3.17. The van der Waals surface area contributed by atoms with Crippen LogP contribution in [0, 0.1) is 0 Å². The zero-order valence-corrected chi connectivity index (χ0v) is 17.0. The lowest BCUT2D eigenvalue weighted by atomic mass is 10.0. The van der Waals surface area contributed by atoms with Gasteiger partial charge in [0.1, 0.15) is 11.5 Å². The molecule has 7 heteroatoms. The van der Waals surface area contributed by atoms with E-state index < -0.39 is 0 Å². The number of phenolic OH excluding ortho intramolecular Hbond substituents is 2. The van der Waals surface area contributed by atoms with Gasteiger partial charge in [0, 0.05) is 36.2 Å². The molecule has 0 spiro atoms. The van der Waals surface area contributed by atoms with E-state index in [1.807, 2.05) is 38.1 Å². The Labute approximate surface area is 166 Å².